The van der Waals surface area contributed by atoms with Gasteiger partial charge in [0.2, 0.25) is 17.6 Å². The van der Waals surface area contributed by atoms with Gasteiger partial charge in [-0.2, -0.15) is 4.80 Å². The number of ether oxygens (including phenoxy) is 3. The number of benzene rings is 1. The van der Waals surface area contributed by atoms with Crippen LogP contribution in [0.2, 0.25) is 0 Å². The second-order valence-electron chi connectivity index (χ2n) is 9.13. The van der Waals surface area contributed by atoms with E-state index in [1.54, 1.807) is 37.3 Å². The molecule has 0 bridgehead atoms. The van der Waals surface area contributed by atoms with Crippen LogP contribution in [0.15, 0.2) is 18.2 Å². The minimum absolute atomic E-state index is 0.131. The Kier molecular flexibility index (Phi) is 12.8. The van der Waals surface area contributed by atoms with Crippen LogP contribution < -0.4 is 14.8 Å². The molecule has 206 valence electrons. The van der Waals surface area contributed by atoms with Gasteiger partial charge in [-0.05, 0) is 55.5 Å². The minimum atomic E-state index is -0.569. The molecule has 0 spiro atoms. The standard InChI is InChI=1S/C26H42N6O5/c1-7-10-21(26(34)27-14-13-19(3)4)31(15-9-16-37-8-2)24(33)18-32-29-25(28-30-32)20-11-12-22(35-5)23(17-20)36-6/h11-12,17,19,21H,7-10,13-16,18H2,1-6H3,(H,27,34)/t21-/m1/s1. The Morgan fingerprint density at radius 1 is 1.11 bits per heavy atom. The van der Waals surface area contributed by atoms with Gasteiger partial charge in [0.1, 0.15) is 12.6 Å². The SMILES string of the molecule is CCC[C@H](C(=O)NCCC(C)C)N(CCCOCC)C(=O)Cn1nnc(-c2ccc(OC)c(OC)c2)n1. The Bertz CT molecular complexity index is 980. The second kappa shape index (κ2) is 15.8. The van der Waals surface area contributed by atoms with Crippen LogP contribution >= 0.6 is 0 Å². The van der Waals surface area contributed by atoms with E-state index in [0.717, 1.165) is 12.8 Å². The van der Waals surface area contributed by atoms with Gasteiger partial charge in [-0.3, -0.25) is 9.59 Å². The summed E-state index contributed by atoms with van der Waals surface area (Å²) in [5, 5.41) is 15.6. The fourth-order valence-electron chi connectivity index (χ4n) is 3.85. The summed E-state index contributed by atoms with van der Waals surface area (Å²) in [6, 6.07) is 4.73. The number of hydrogen-bond acceptors (Lipinski definition) is 8. The van der Waals surface area contributed by atoms with Crippen LogP contribution in [0, 0.1) is 5.92 Å². The predicted octanol–water partition coefficient (Wildman–Crippen LogP) is 2.94. The quantitative estimate of drug-likeness (QED) is 0.317. The van der Waals surface area contributed by atoms with Crippen LogP contribution in [0.4, 0.5) is 0 Å². The van der Waals surface area contributed by atoms with E-state index in [4.69, 9.17) is 14.2 Å². The number of carbonyl (C=O) groups excluding carboxylic acids is 2. The molecule has 2 amide bonds. The van der Waals surface area contributed by atoms with Crippen molar-refractivity contribution in [3.8, 4) is 22.9 Å². The third-order valence-corrected chi connectivity index (χ3v) is 5.85. The molecule has 0 radical (unpaired) electrons. The molecule has 2 aromatic rings. The summed E-state index contributed by atoms with van der Waals surface area (Å²) in [5.41, 5.74) is 0.679. The molecule has 1 aromatic carbocycles. The van der Waals surface area contributed by atoms with Gasteiger partial charge < -0.3 is 24.4 Å². The first-order chi connectivity index (χ1) is 17.8. The number of methoxy groups -OCH3 is 2. The van der Waals surface area contributed by atoms with Crippen molar-refractivity contribution in [2.24, 2.45) is 5.92 Å². The molecule has 1 aromatic heterocycles. The molecule has 0 aliphatic heterocycles. The number of nitrogens with zero attached hydrogens (tertiary/aromatic N) is 5. The fourth-order valence-corrected chi connectivity index (χ4v) is 3.85. The molecule has 1 N–H and O–H groups in total. The fraction of sp³-hybridized carbons (Fsp3) is 0.654. The molecule has 0 saturated carbocycles. The molecule has 37 heavy (non-hydrogen) atoms. The first-order valence-corrected chi connectivity index (χ1v) is 13.0. The maximum absolute atomic E-state index is 13.4. The Morgan fingerprint density at radius 2 is 1.86 bits per heavy atom. The topological polar surface area (TPSA) is 121 Å². The molecule has 11 nitrogen and oxygen atoms in total. The highest BCUT2D eigenvalue weighted by molar-refractivity contribution is 5.87. The van der Waals surface area contributed by atoms with Crippen LogP contribution in [0.1, 0.15) is 53.4 Å². The predicted molar refractivity (Wildman–Crippen MR) is 140 cm³/mol. The Hall–Kier alpha value is -3.21. The van der Waals surface area contributed by atoms with E-state index in [2.05, 4.69) is 34.6 Å². The lowest BCUT2D eigenvalue weighted by molar-refractivity contribution is -0.142. The number of nitrogens with one attached hydrogen (secondary N) is 1. The number of carbonyl (C=O) groups is 2. The Morgan fingerprint density at radius 3 is 2.51 bits per heavy atom. The van der Waals surface area contributed by atoms with Gasteiger partial charge in [0, 0.05) is 31.9 Å². The summed E-state index contributed by atoms with van der Waals surface area (Å²) in [5.74, 6) is 1.58. The second-order valence-corrected chi connectivity index (χ2v) is 9.13. The lowest BCUT2D eigenvalue weighted by atomic mass is 10.1. The van der Waals surface area contributed by atoms with Crippen LogP contribution in [0.3, 0.4) is 0 Å². The summed E-state index contributed by atoms with van der Waals surface area (Å²) >= 11 is 0. The minimum Gasteiger partial charge on any atom is -0.493 e. The van der Waals surface area contributed by atoms with Crippen molar-refractivity contribution in [3.63, 3.8) is 0 Å². The van der Waals surface area contributed by atoms with Crippen molar-refractivity contribution in [2.75, 3.05) is 40.5 Å². The Balaban J connectivity index is 2.19. The molecule has 1 heterocycles. The summed E-state index contributed by atoms with van der Waals surface area (Å²) in [6.07, 6.45) is 2.84. The van der Waals surface area contributed by atoms with Gasteiger partial charge in [-0.15, -0.1) is 10.2 Å². The number of rotatable bonds is 17. The number of amides is 2. The molecular weight excluding hydrogens is 476 g/mol. The molecule has 11 heteroatoms. The van der Waals surface area contributed by atoms with E-state index in [0.29, 0.717) is 67.9 Å². The third kappa shape index (κ3) is 9.31. The van der Waals surface area contributed by atoms with Gasteiger partial charge in [0.05, 0.1) is 14.2 Å². The zero-order chi connectivity index (χ0) is 27.2. The van der Waals surface area contributed by atoms with Gasteiger partial charge in [0.25, 0.3) is 0 Å². The van der Waals surface area contributed by atoms with Crippen molar-refractivity contribution in [3.05, 3.63) is 18.2 Å². The van der Waals surface area contributed by atoms with Gasteiger partial charge in [0.15, 0.2) is 11.5 Å². The normalized spacial score (nSPS) is 11.9. The zero-order valence-corrected chi connectivity index (χ0v) is 23.0. The monoisotopic (exact) mass is 518 g/mol. The number of tetrazole rings is 1. The first-order valence-electron chi connectivity index (χ1n) is 13.0. The van der Waals surface area contributed by atoms with Crippen molar-refractivity contribution < 1.29 is 23.8 Å². The largest absolute Gasteiger partial charge is 0.493 e. The average Bonchev–Trinajstić information content (AvgIpc) is 3.35. The molecule has 0 fully saturated rings. The average molecular weight is 519 g/mol. The van der Waals surface area contributed by atoms with E-state index in [1.165, 1.54) is 4.80 Å². The molecule has 2 rings (SSSR count). The van der Waals surface area contributed by atoms with Crippen LogP contribution in [-0.2, 0) is 20.9 Å². The molecule has 0 saturated heterocycles. The third-order valence-electron chi connectivity index (χ3n) is 5.85. The summed E-state index contributed by atoms with van der Waals surface area (Å²) in [4.78, 5) is 29.4. The zero-order valence-electron chi connectivity index (χ0n) is 23.0. The van der Waals surface area contributed by atoms with E-state index in [-0.39, 0.29) is 18.4 Å². The van der Waals surface area contributed by atoms with Crippen molar-refractivity contribution in [2.45, 2.75) is 66.0 Å². The van der Waals surface area contributed by atoms with E-state index in [9.17, 15) is 9.59 Å². The molecule has 1 atom stereocenters. The Labute approximate surface area is 219 Å². The summed E-state index contributed by atoms with van der Waals surface area (Å²) < 4.78 is 16.1. The highest BCUT2D eigenvalue weighted by atomic mass is 16.5. The molecule has 0 aliphatic rings. The summed E-state index contributed by atoms with van der Waals surface area (Å²) in [7, 11) is 3.12. The van der Waals surface area contributed by atoms with Crippen molar-refractivity contribution in [1.82, 2.24) is 30.4 Å². The number of aromatic nitrogens is 4. The smallest absolute Gasteiger partial charge is 0.246 e. The van der Waals surface area contributed by atoms with E-state index < -0.39 is 6.04 Å². The van der Waals surface area contributed by atoms with E-state index in [1.807, 2.05) is 13.8 Å². The maximum Gasteiger partial charge on any atom is 0.246 e. The van der Waals surface area contributed by atoms with Crippen molar-refractivity contribution >= 4 is 11.8 Å². The van der Waals surface area contributed by atoms with E-state index >= 15 is 0 Å². The van der Waals surface area contributed by atoms with Crippen LogP contribution in [0.25, 0.3) is 11.4 Å². The van der Waals surface area contributed by atoms with Crippen molar-refractivity contribution in [1.29, 1.82) is 0 Å². The summed E-state index contributed by atoms with van der Waals surface area (Å²) in [6.45, 7) is 10.1. The van der Waals surface area contributed by atoms with Crippen LogP contribution in [-0.4, -0.2) is 83.5 Å². The molecule has 0 aliphatic carbocycles. The van der Waals surface area contributed by atoms with Crippen LogP contribution in [0.5, 0.6) is 11.5 Å². The van der Waals surface area contributed by atoms with Gasteiger partial charge in [-0.25, -0.2) is 0 Å². The molecule has 0 unspecified atom stereocenters. The first kappa shape index (κ1) is 30.0. The number of hydrogen-bond donors (Lipinski definition) is 1. The molecular formula is C26H42N6O5. The maximum atomic E-state index is 13.4. The lowest BCUT2D eigenvalue weighted by Gasteiger charge is -2.31. The van der Waals surface area contributed by atoms with Gasteiger partial charge in [-0.1, -0.05) is 27.2 Å². The van der Waals surface area contributed by atoms with Gasteiger partial charge >= 0.3 is 0 Å². The highest BCUT2D eigenvalue weighted by Gasteiger charge is 2.29. The lowest BCUT2D eigenvalue weighted by Crippen LogP contribution is -2.51. The highest BCUT2D eigenvalue weighted by Crippen LogP contribution is 2.30.